The van der Waals surface area contributed by atoms with Crippen LogP contribution >= 0.6 is 0 Å². The molecule has 1 atom stereocenters. The van der Waals surface area contributed by atoms with Gasteiger partial charge in [-0.3, -0.25) is 4.79 Å². The zero-order valence-electron chi connectivity index (χ0n) is 12.8. The number of carbonyl (C=O) groups is 1. The SMILES string of the molecule is Cc1ccc(CN(C)C(=O)CC(C)c2ccc(N)cc2)o1. The summed E-state index contributed by atoms with van der Waals surface area (Å²) in [4.78, 5) is 14.0. The molecule has 2 rings (SSSR count). The Morgan fingerprint density at radius 1 is 1.24 bits per heavy atom. The average molecular weight is 286 g/mol. The van der Waals surface area contributed by atoms with E-state index < -0.39 is 0 Å². The molecule has 0 fully saturated rings. The molecule has 1 aromatic heterocycles. The monoisotopic (exact) mass is 286 g/mol. The summed E-state index contributed by atoms with van der Waals surface area (Å²) in [6.07, 6.45) is 0.472. The van der Waals surface area contributed by atoms with Crippen LogP contribution in [0.2, 0.25) is 0 Å². The molecule has 0 spiro atoms. The fourth-order valence-electron chi connectivity index (χ4n) is 2.25. The number of hydrogen-bond donors (Lipinski definition) is 1. The van der Waals surface area contributed by atoms with Gasteiger partial charge in [0.05, 0.1) is 6.54 Å². The van der Waals surface area contributed by atoms with E-state index in [-0.39, 0.29) is 11.8 Å². The van der Waals surface area contributed by atoms with Crippen molar-refractivity contribution in [2.24, 2.45) is 0 Å². The average Bonchev–Trinajstić information content (AvgIpc) is 2.84. The molecule has 1 heterocycles. The molecule has 0 aliphatic carbocycles. The van der Waals surface area contributed by atoms with Crippen LogP contribution in [0.1, 0.15) is 36.3 Å². The van der Waals surface area contributed by atoms with Gasteiger partial charge in [-0.1, -0.05) is 19.1 Å². The van der Waals surface area contributed by atoms with Gasteiger partial charge in [0.2, 0.25) is 5.91 Å². The van der Waals surface area contributed by atoms with Gasteiger partial charge < -0.3 is 15.1 Å². The molecule has 112 valence electrons. The van der Waals surface area contributed by atoms with Crippen molar-refractivity contribution in [2.45, 2.75) is 32.7 Å². The van der Waals surface area contributed by atoms with Gasteiger partial charge in [0.25, 0.3) is 0 Å². The smallest absolute Gasteiger partial charge is 0.223 e. The summed E-state index contributed by atoms with van der Waals surface area (Å²) in [6.45, 7) is 4.45. The second kappa shape index (κ2) is 6.48. The molecule has 0 saturated carbocycles. The van der Waals surface area contributed by atoms with E-state index in [1.165, 1.54) is 0 Å². The maximum absolute atomic E-state index is 12.3. The molecular formula is C17H22N2O2. The number of carbonyl (C=O) groups excluding carboxylic acids is 1. The molecule has 0 aliphatic heterocycles. The van der Waals surface area contributed by atoms with Crippen molar-refractivity contribution in [3.05, 3.63) is 53.5 Å². The Balaban J connectivity index is 1.92. The lowest BCUT2D eigenvalue weighted by Crippen LogP contribution is -2.27. The van der Waals surface area contributed by atoms with Crippen LogP contribution in [0.15, 0.2) is 40.8 Å². The predicted octanol–water partition coefficient (Wildman–Crippen LogP) is 3.32. The number of amides is 1. The van der Waals surface area contributed by atoms with Crippen molar-refractivity contribution >= 4 is 11.6 Å². The first-order valence-corrected chi connectivity index (χ1v) is 7.10. The third-order valence-electron chi connectivity index (χ3n) is 3.60. The van der Waals surface area contributed by atoms with Gasteiger partial charge in [-0.25, -0.2) is 0 Å². The van der Waals surface area contributed by atoms with Crippen molar-refractivity contribution in [3.63, 3.8) is 0 Å². The lowest BCUT2D eigenvalue weighted by molar-refractivity contribution is -0.131. The van der Waals surface area contributed by atoms with Gasteiger partial charge in [0, 0.05) is 19.2 Å². The van der Waals surface area contributed by atoms with E-state index in [1.54, 1.807) is 11.9 Å². The topological polar surface area (TPSA) is 59.5 Å². The van der Waals surface area contributed by atoms with Gasteiger partial charge >= 0.3 is 0 Å². The molecule has 4 heteroatoms. The quantitative estimate of drug-likeness (QED) is 0.858. The van der Waals surface area contributed by atoms with Gasteiger partial charge in [-0.2, -0.15) is 0 Å². The van der Waals surface area contributed by atoms with Crippen LogP contribution in [0.5, 0.6) is 0 Å². The molecule has 1 amide bonds. The lowest BCUT2D eigenvalue weighted by atomic mass is 9.97. The number of hydrogen-bond acceptors (Lipinski definition) is 3. The number of nitrogens with zero attached hydrogens (tertiary/aromatic N) is 1. The van der Waals surface area contributed by atoms with Crippen molar-refractivity contribution in [3.8, 4) is 0 Å². The normalized spacial score (nSPS) is 12.1. The van der Waals surface area contributed by atoms with Crippen molar-refractivity contribution in [1.29, 1.82) is 0 Å². The number of rotatable bonds is 5. The van der Waals surface area contributed by atoms with Gasteiger partial charge in [-0.15, -0.1) is 0 Å². The molecule has 2 aromatic rings. The van der Waals surface area contributed by atoms with Crippen molar-refractivity contribution < 1.29 is 9.21 Å². The number of nitrogen functional groups attached to an aromatic ring is 1. The van der Waals surface area contributed by atoms with Crippen LogP contribution in [0, 0.1) is 6.92 Å². The van der Waals surface area contributed by atoms with Gasteiger partial charge in [-0.05, 0) is 42.7 Å². The summed E-state index contributed by atoms with van der Waals surface area (Å²) in [5, 5.41) is 0. The van der Waals surface area contributed by atoms with Crippen LogP contribution in [0.4, 0.5) is 5.69 Å². The molecule has 1 unspecified atom stereocenters. The number of furan rings is 1. The Hall–Kier alpha value is -2.23. The van der Waals surface area contributed by atoms with Gasteiger partial charge in [0.1, 0.15) is 11.5 Å². The second-order valence-electron chi connectivity index (χ2n) is 5.53. The lowest BCUT2D eigenvalue weighted by Gasteiger charge is -2.19. The summed E-state index contributed by atoms with van der Waals surface area (Å²) >= 11 is 0. The van der Waals surface area contributed by atoms with Crippen molar-refractivity contribution in [1.82, 2.24) is 4.90 Å². The highest BCUT2D eigenvalue weighted by atomic mass is 16.3. The van der Waals surface area contributed by atoms with E-state index in [4.69, 9.17) is 10.2 Å². The predicted molar refractivity (Wildman–Crippen MR) is 83.8 cm³/mol. The molecule has 2 N–H and O–H groups in total. The van der Waals surface area contributed by atoms with Crippen LogP contribution in [-0.4, -0.2) is 17.9 Å². The third kappa shape index (κ3) is 4.12. The number of anilines is 1. The van der Waals surface area contributed by atoms with E-state index in [9.17, 15) is 4.79 Å². The highest BCUT2D eigenvalue weighted by Crippen LogP contribution is 2.21. The Bertz CT molecular complexity index is 602. The first kappa shape index (κ1) is 15.2. The van der Waals surface area contributed by atoms with Crippen LogP contribution in [0.3, 0.4) is 0 Å². The Morgan fingerprint density at radius 2 is 1.90 bits per heavy atom. The first-order chi connectivity index (χ1) is 9.95. The summed E-state index contributed by atoms with van der Waals surface area (Å²) in [6, 6.07) is 11.5. The zero-order valence-corrected chi connectivity index (χ0v) is 12.8. The number of benzene rings is 1. The molecule has 21 heavy (non-hydrogen) atoms. The molecule has 0 aliphatic rings. The molecule has 0 bridgehead atoms. The number of nitrogens with two attached hydrogens (primary N) is 1. The Kier molecular flexibility index (Phi) is 4.68. The van der Waals surface area contributed by atoms with E-state index in [2.05, 4.69) is 0 Å². The molecule has 1 aromatic carbocycles. The fourth-order valence-corrected chi connectivity index (χ4v) is 2.25. The molecular weight excluding hydrogens is 264 g/mol. The summed E-state index contributed by atoms with van der Waals surface area (Å²) in [5.74, 6) is 1.94. The molecule has 0 saturated heterocycles. The van der Waals surface area contributed by atoms with Crippen LogP contribution < -0.4 is 5.73 Å². The maximum Gasteiger partial charge on any atom is 0.223 e. The number of aryl methyl sites for hydroxylation is 1. The van der Waals surface area contributed by atoms with E-state index in [1.807, 2.05) is 50.2 Å². The minimum absolute atomic E-state index is 0.105. The summed E-state index contributed by atoms with van der Waals surface area (Å²) < 4.78 is 5.50. The third-order valence-corrected chi connectivity index (χ3v) is 3.60. The van der Waals surface area contributed by atoms with Crippen molar-refractivity contribution in [2.75, 3.05) is 12.8 Å². The van der Waals surface area contributed by atoms with E-state index in [0.29, 0.717) is 13.0 Å². The van der Waals surface area contributed by atoms with E-state index in [0.717, 1.165) is 22.8 Å². The minimum atomic E-state index is 0.105. The zero-order chi connectivity index (χ0) is 15.4. The fraction of sp³-hybridized carbons (Fsp3) is 0.353. The highest BCUT2D eigenvalue weighted by molar-refractivity contribution is 5.76. The minimum Gasteiger partial charge on any atom is -0.464 e. The molecule has 4 nitrogen and oxygen atoms in total. The Labute approximate surface area is 125 Å². The standard InChI is InChI=1S/C17H22N2O2/c1-12(14-5-7-15(18)8-6-14)10-17(20)19(3)11-16-9-4-13(2)21-16/h4-9,12H,10-11,18H2,1-3H3. The highest BCUT2D eigenvalue weighted by Gasteiger charge is 2.16. The summed E-state index contributed by atoms with van der Waals surface area (Å²) in [7, 11) is 1.80. The summed E-state index contributed by atoms with van der Waals surface area (Å²) in [5.41, 5.74) is 7.54. The Morgan fingerprint density at radius 3 is 2.48 bits per heavy atom. The van der Waals surface area contributed by atoms with Crippen LogP contribution in [-0.2, 0) is 11.3 Å². The van der Waals surface area contributed by atoms with Crippen LogP contribution in [0.25, 0.3) is 0 Å². The largest absolute Gasteiger partial charge is 0.464 e. The van der Waals surface area contributed by atoms with Gasteiger partial charge in [0.15, 0.2) is 0 Å². The first-order valence-electron chi connectivity index (χ1n) is 7.10. The second-order valence-corrected chi connectivity index (χ2v) is 5.53. The molecule has 0 radical (unpaired) electrons. The van der Waals surface area contributed by atoms with E-state index >= 15 is 0 Å². The maximum atomic E-state index is 12.3.